The van der Waals surface area contributed by atoms with E-state index in [9.17, 15) is 0 Å². The third kappa shape index (κ3) is 4.87. The summed E-state index contributed by atoms with van der Waals surface area (Å²) in [6.07, 6.45) is 17.8. The van der Waals surface area contributed by atoms with Crippen LogP contribution in [0.2, 0.25) is 0 Å². The van der Waals surface area contributed by atoms with Crippen molar-refractivity contribution in [1.29, 1.82) is 0 Å². The van der Waals surface area contributed by atoms with Crippen LogP contribution in [0.15, 0.2) is 164 Å². The summed E-state index contributed by atoms with van der Waals surface area (Å²) in [7, 11) is 0. The van der Waals surface area contributed by atoms with Crippen molar-refractivity contribution in [2.45, 2.75) is 24.8 Å². The number of benzene rings is 5. The van der Waals surface area contributed by atoms with E-state index in [1.165, 1.54) is 48.0 Å². The molecule has 1 aliphatic heterocycles. The number of fused-ring (bicyclic) bond motifs is 6. The Bertz CT molecular complexity index is 2550. The summed E-state index contributed by atoms with van der Waals surface area (Å²) in [5, 5.41) is 2.65. The van der Waals surface area contributed by atoms with Crippen LogP contribution in [0.3, 0.4) is 0 Å². The smallest absolute Gasteiger partial charge is 0.231 e. The van der Waals surface area contributed by atoms with Gasteiger partial charge in [0.15, 0.2) is 0 Å². The average molecular weight is 660 g/mol. The molecule has 2 aromatic heterocycles. The SMILES string of the molecule is C1=CCCC(c2ccc(-c3cc(-c4ccccc4)nc(N4c5ccc(-c6cccc7c6sc6ccccc67)cc5C5C=CC=CC54)n3)cc2)=C1. The van der Waals surface area contributed by atoms with E-state index >= 15 is 0 Å². The van der Waals surface area contributed by atoms with Gasteiger partial charge in [0.25, 0.3) is 0 Å². The van der Waals surface area contributed by atoms with Gasteiger partial charge < -0.3 is 4.90 Å². The lowest BCUT2D eigenvalue weighted by atomic mass is 9.89. The zero-order chi connectivity index (χ0) is 33.0. The first-order valence-corrected chi connectivity index (χ1v) is 18.2. The highest BCUT2D eigenvalue weighted by Crippen LogP contribution is 2.49. The highest BCUT2D eigenvalue weighted by Gasteiger charge is 2.39. The standard InChI is InChI=1S/C46H33N3S/c1-3-12-30(13-4-1)31-22-24-33(25-23-31)41-29-40(32-14-5-2-6-15-32)47-46(48-41)49-42-20-9-7-16-36(42)39-28-34(26-27-43(39)49)35-18-11-19-38-37-17-8-10-21-44(37)50-45(35)38/h1-3,5-12,14-29,36,42H,4,13H2. The number of nitrogens with zero attached hydrogens (tertiary/aromatic N) is 3. The van der Waals surface area contributed by atoms with E-state index in [1.54, 1.807) is 0 Å². The van der Waals surface area contributed by atoms with Gasteiger partial charge >= 0.3 is 0 Å². The molecule has 50 heavy (non-hydrogen) atoms. The summed E-state index contributed by atoms with van der Waals surface area (Å²) >= 11 is 1.88. The lowest BCUT2D eigenvalue weighted by molar-refractivity contribution is 0.730. The molecule has 3 heterocycles. The van der Waals surface area contributed by atoms with Gasteiger partial charge in [-0.15, -0.1) is 11.3 Å². The lowest BCUT2D eigenvalue weighted by Gasteiger charge is -2.27. The molecule has 0 amide bonds. The van der Waals surface area contributed by atoms with Gasteiger partial charge in [-0.1, -0.05) is 140 Å². The van der Waals surface area contributed by atoms with E-state index < -0.39 is 0 Å². The van der Waals surface area contributed by atoms with Gasteiger partial charge in [0, 0.05) is 42.9 Å². The zero-order valence-corrected chi connectivity index (χ0v) is 28.2. The molecule has 0 radical (unpaired) electrons. The van der Waals surface area contributed by atoms with E-state index in [1.807, 2.05) is 11.3 Å². The van der Waals surface area contributed by atoms with Gasteiger partial charge in [0.05, 0.1) is 17.4 Å². The first-order valence-electron chi connectivity index (χ1n) is 17.4. The molecule has 0 fully saturated rings. The van der Waals surface area contributed by atoms with Gasteiger partial charge in [0.2, 0.25) is 5.95 Å². The summed E-state index contributed by atoms with van der Waals surface area (Å²) in [5.41, 5.74) is 11.7. The Balaban J connectivity index is 1.10. The number of hydrogen-bond donors (Lipinski definition) is 0. The molecule has 2 aliphatic carbocycles. The van der Waals surface area contributed by atoms with Crippen LogP contribution in [0.5, 0.6) is 0 Å². The molecule has 3 nitrogen and oxygen atoms in total. The molecule has 7 aromatic rings. The van der Waals surface area contributed by atoms with Crippen LogP contribution in [-0.2, 0) is 0 Å². The first kappa shape index (κ1) is 29.1. The molecular formula is C46H33N3S. The van der Waals surface area contributed by atoms with Crippen molar-refractivity contribution >= 4 is 48.7 Å². The third-order valence-corrected chi connectivity index (χ3v) is 11.5. The van der Waals surface area contributed by atoms with Crippen LogP contribution in [-0.4, -0.2) is 16.0 Å². The molecule has 5 aromatic carbocycles. The minimum atomic E-state index is 0.0814. The molecule has 0 saturated heterocycles. The third-order valence-electron chi connectivity index (χ3n) is 10.3. The van der Waals surface area contributed by atoms with Crippen molar-refractivity contribution < 1.29 is 0 Å². The Kier molecular flexibility index (Phi) is 6.95. The lowest BCUT2D eigenvalue weighted by Crippen LogP contribution is -2.30. The number of hydrogen-bond acceptors (Lipinski definition) is 4. The number of rotatable bonds is 5. The van der Waals surface area contributed by atoms with Crippen LogP contribution in [0.1, 0.15) is 29.9 Å². The van der Waals surface area contributed by atoms with Gasteiger partial charge in [0.1, 0.15) is 0 Å². The molecule has 4 heteroatoms. The second kappa shape index (κ2) is 11.9. The molecule has 2 unspecified atom stereocenters. The summed E-state index contributed by atoms with van der Waals surface area (Å²) in [6, 6.07) is 44.0. The minimum absolute atomic E-state index is 0.0814. The Morgan fingerprint density at radius 1 is 0.620 bits per heavy atom. The van der Waals surface area contributed by atoms with E-state index in [0.717, 1.165) is 47.0 Å². The van der Waals surface area contributed by atoms with Crippen LogP contribution in [0.25, 0.3) is 59.4 Å². The average Bonchev–Trinajstić information content (AvgIpc) is 3.74. The normalized spacial score (nSPS) is 17.7. The van der Waals surface area contributed by atoms with Gasteiger partial charge in [-0.2, -0.15) is 0 Å². The molecule has 0 N–H and O–H groups in total. The van der Waals surface area contributed by atoms with Gasteiger partial charge in [-0.25, -0.2) is 9.97 Å². The maximum atomic E-state index is 5.32. The summed E-state index contributed by atoms with van der Waals surface area (Å²) in [5.74, 6) is 0.916. The highest BCUT2D eigenvalue weighted by molar-refractivity contribution is 7.26. The molecule has 2 atom stereocenters. The monoisotopic (exact) mass is 659 g/mol. The number of allylic oxidation sites excluding steroid dienone is 6. The fraction of sp³-hybridized carbons (Fsp3) is 0.0870. The van der Waals surface area contributed by atoms with Gasteiger partial charge in [-0.3, -0.25) is 0 Å². The largest absolute Gasteiger partial charge is 0.302 e. The van der Waals surface area contributed by atoms with Crippen molar-refractivity contribution in [3.63, 3.8) is 0 Å². The second-order valence-corrected chi connectivity index (χ2v) is 14.3. The van der Waals surface area contributed by atoms with Crippen LogP contribution in [0, 0.1) is 0 Å². The molecule has 0 bridgehead atoms. The Hall–Kier alpha value is -5.84. The van der Waals surface area contributed by atoms with E-state index in [0.29, 0.717) is 0 Å². The Labute approximate surface area is 295 Å². The minimum Gasteiger partial charge on any atom is -0.302 e. The van der Waals surface area contributed by atoms with E-state index in [4.69, 9.17) is 9.97 Å². The predicted molar refractivity (Wildman–Crippen MR) is 211 cm³/mol. The van der Waals surface area contributed by atoms with Crippen molar-refractivity contribution in [2.75, 3.05) is 4.90 Å². The summed E-state index contributed by atoms with van der Waals surface area (Å²) < 4.78 is 2.66. The van der Waals surface area contributed by atoms with Crippen molar-refractivity contribution in [2.24, 2.45) is 0 Å². The molecule has 0 saturated carbocycles. The first-order chi connectivity index (χ1) is 24.8. The molecule has 238 valence electrons. The second-order valence-electron chi connectivity index (χ2n) is 13.3. The van der Waals surface area contributed by atoms with Crippen LogP contribution < -0.4 is 4.90 Å². The van der Waals surface area contributed by atoms with Crippen LogP contribution in [0.4, 0.5) is 11.6 Å². The van der Waals surface area contributed by atoms with Crippen molar-refractivity contribution in [3.05, 3.63) is 175 Å². The number of thiophene rings is 1. The number of anilines is 2. The Morgan fingerprint density at radius 3 is 2.20 bits per heavy atom. The summed E-state index contributed by atoms with van der Waals surface area (Å²) in [4.78, 5) is 13.0. The Morgan fingerprint density at radius 2 is 1.36 bits per heavy atom. The maximum absolute atomic E-state index is 5.32. The molecule has 3 aliphatic rings. The van der Waals surface area contributed by atoms with Crippen molar-refractivity contribution in [1.82, 2.24) is 9.97 Å². The van der Waals surface area contributed by atoms with E-state index in [-0.39, 0.29) is 12.0 Å². The molecule has 10 rings (SSSR count). The topological polar surface area (TPSA) is 29.0 Å². The van der Waals surface area contributed by atoms with Crippen molar-refractivity contribution in [3.8, 4) is 33.6 Å². The predicted octanol–water partition coefficient (Wildman–Crippen LogP) is 12.3. The van der Waals surface area contributed by atoms with Gasteiger partial charge in [-0.05, 0) is 64.9 Å². The molecule has 0 spiro atoms. The van der Waals surface area contributed by atoms with Crippen LogP contribution >= 0.6 is 11.3 Å². The van der Waals surface area contributed by atoms with E-state index in [2.05, 4.69) is 169 Å². The number of aromatic nitrogens is 2. The fourth-order valence-electron chi connectivity index (χ4n) is 7.86. The summed E-state index contributed by atoms with van der Waals surface area (Å²) in [6.45, 7) is 0. The quantitative estimate of drug-likeness (QED) is 0.184. The highest BCUT2D eigenvalue weighted by atomic mass is 32.1. The maximum Gasteiger partial charge on any atom is 0.231 e. The fourth-order valence-corrected chi connectivity index (χ4v) is 9.10. The molecular weight excluding hydrogens is 627 g/mol. The zero-order valence-electron chi connectivity index (χ0n) is 27.4.